The van der Waals surface area contributed by atoms with Crippen LogP contribution in [0.25, 0.3) is 11.4 Å². The summed E-state index contributed by atoms with van der Waals surface area (Å²) >= 11 is 0. The summed E-state index contributed by atoms with van der Waals surface area (Å²) in [6, 6.07) is 0. The van der Waals surface area contributed by atoms with Crippen molar-refractivity contribution in [2.45, 2.75) is 32.6 Å². The van der Waals surface area contributed by atoms with Gasteiger partial charge in [0.15, 0.2) is 0 Å². The van der Waals surface area contributed by atoms with Crippen LogP contribution < -0.4 is 10.7 Å². The molecule has 1 aromatic rings. The molecule has 0 aromatic carbocycles. The largest absolute Gasteiger partial charge is 0.453 e. The van der Waals surface area contributed by atoms with Gasteiger partial charge in [-0.2, -0.15) is 0 Å². The number of hydrogen-bond donors (Lipinski definition) is 1. The third-order valence-corrected chi connectivity index (χ3v) is 5.38. The molecule has 2 heterocycles. The highest BCUT2D eigenvalue weighted by Crippen LogP contribution is 2.52. The zero-order valence-electron chi connectivity index (χ0n) is 13.7. The number of carbonyl (C=O) groups is 1. The average molecular weight is 319 g/mol. The van der Waals surface area contributed by atoms with Crippen molar-refractivity contribution in [1.82, 2.24) is 14.9 Å². The number of aromatic nitrogens is 2. The van der Waals surface area contributed by atoms with Gasteiger partial charge in [0.2, 0.25) is 0 Å². The SMILES string of the molecule is COC(=O)N1CC[C@H](c2nc3c([nH]2)=C(F)C2CC2C=3C(C)C)C1. The Morgan fingerprint density at radius 1 is 1.43 bits per heavy atom. The molecule has 1 N–H and O–H groups in total. The van der Waals surface area contributed by atoms with Crippen LogP contribution in [0.2, 0.25) is 0 Å². The Hall–Kier alpha value is -1.85. The van der Waals surface area contributed by atoms with Crippen molar-refractivity contribution in [1.29, 1.82) is 0 Å². The minimum absolute atomic E-state index is 0.0315. The van der Waals surface area contributed by atoms with Gasteiger partial charge in [-0.25, -0.2) is 14.2 Å². The number of carbonyl (C=O) groups excluding carboxylic acids is 1. The van der Waals surface area contributed by atoms with E-state index in [0.717, 1.165) is 24.0 Å². The number of fused-ring (bicyclic) bond motifs is 2. The standard InChI is InChI=1S/C17H22FN3O2/c1-8(2)12-10-6-11(10)13(18)15-14(12)19-16(20-15)9-4-5-21(7-9)17(22)23-3/h8-11H,4-7H2,1-3H3,(H,19,20)/t9-,10?,11?/m0/s1. The fourth-order valence-electron chi connectivity index (χ4n) is 4.13. The summed E-state index contributed by atoms with van der Waals surface area (Å²) < 4.78 is 19.3. The summed E-state index contributed by atoms with van der Waals surface area (Å²) in [6.07, 6.45) is 1.43. The summed E-state index contributed by atoms with van der Waals surface area (Å²) in [6.45, 7) is 5.53. The molecule has 4 rings (SSSR count). The van der Waals surface area contributed by atoms with Gasteiger partial charge in [0.05, 0.1) is 17.8 Å². The van der Waals surface area contributed by atoms with Crippen molar-refractivity contribution in [2.24, 2.45) is 17.8 Å². The first kappa shape index (κ1) is 14.7. The third-order valence-electron chi connectivity index (χ3n) is 5.38. The van der Waals surface area contributed by atoms with Gasteiger partial charge in [-0.3, -0.25) is 0 Å². The molecular weight excluding hydrogens is 297 g/mol. The lowest BCUT2D eigenvalue weighted by Gasteiger charge is -2.13. The predicted molar refractivity (Wildman–Crippen MR) is 83.5 cm³/mol. The van der Waals surface area contributed by atoms with Gasteiger partial charge in [0.1, 0.15) is 11.7 Å². The highest BCUT2D eigenvalue weighted by molar-refractivity contribution is 5.68. The number of rotatable bonds is 2. The van der Waals surface area contributed by atoms with Gasteiger partial charge in [-0.15, -0.1) is 0 Å². The van der Waals surface area contributed by atoms with Crippen LogP contribution in [0.15, 0.2) is 0 Å². The van der Waals surface area contributed by atoms with Crippen LogP contribution in [0.1, 0.15) is 38.4 Å². The molecule has 23 heavy (non-hydrogen) atoms. The zero-order valence-corrected chi connectivity index (χ0v) is 13.7. The maximum atomic E-state index is 14.6. The van der Waals surface area contributed by atoms with E-state index < -0.39 is 0 Å². The average Bonchev–Trinajstić information content (AvgIpc) is 2.98. The van der Waals surface area contributed by atoms with E-state index in [-0.39, 0.29) is 23.8 Å². The van der Waals surface area contributed by atoms with E-state index in [1.807, 2.05) is 0 Å². The van der Waals surface area contributed by atoms with Crippen molar-refractivity contribution in [3.8, 4) is 0 Å². The van der Waals surface area contributed by atoms with E-state index >= 15 is 0 Å². The number of likely N-dealkylation sites (tertiary alicyclic amines) is 1. The Morgan fingerprint density at radius 2 is 2.22 bits per heavy atom. The second-order valence-electron chi connectivity index (χ2n) is 7.15. The predicted octanol–water partition coefficient (Wildman–Crippen LogP) is 1.50. The Labute approximate surface area is 134 Å². The van der Waals surface area contributed by atoms with Gasteiger partial charge < -0.3 is 14.6 Å². The first-order valence-corrected chi connectivity index (χ1v) is 8.33. The number of ether oxygens (including phenoxy) is 1. The van der Waals surface area contributed by atoms with Gasteiger partial charge in [-0.1, -0.05) is 13.8 Å². The van der Waals surface area contributed by atoms with Crippen LogP contribution >= 0.6 is 0 Å². The molecular formula is C17H22FN3O2. The zero-order chi connectivity index (χ0) is 16.3. The van der Waals surface area contributed by atoms with Crippen LogP contribution in [-0.4, -0.2) is 41.2 Å². The highest BCUT2D eigenvalue weighted by atomic mass is 19.1. The van der Waals surface area contributed by atoms with Crippen LogP contribution in [0.4, 0.5) is 9.18 Å². The molecule has 6 heteroatoms. The summed E-state index contributed by atoms with van der Waals surface area (Å²) in [7, 11) is 1.39. The normalized spacial score (nSPS) is 28.9. The molecule has 0 spiro atoms. The van der Waals surface area contributed by atoms with E-state index in [2.05, 4.69) is 18.8 Å². The Morgan fingerprint density at radius 3 is 2.91 bits per heavy atom. The molecule has 124 valence electrons. The lowest BCUT2D eigenvalue weighted by atomic mass is 9.94. The summed E-state index contributed by atoms with van der Waals surface area (Å²) in [5.74, 6) is 1.67. The minimum atomic E-state index is -0.308. The molecule has 2 aliphatic carbocycles. The Bertz CT molecular complexity index is 782. The van der Waals surface area contributed by atoms with Crippen LogP contribution in [0.5, 0.6) is 0 Å². The number of methoxy groups -OCH3 is 1. The first-order valence-electron chi connectivity index (χ1n) is 8.33. The highest BCUT2D eigenvalue weighted by Gasteiger charge is 2.47. The molecule has 1 aliphatic heterocycles. The van der Waals surface area contributed by atoms with E-state index in [0.29, 0.717) is 30.3 Å². The van der Waals surface area contributed by atoms with Gasteiger partial charge in [-0.05, 0) is 30.3 Å². The molecule has 1 aromatic heterocycles. The molecule has 2 unspecified atom stereocenters. The monoisotopic (exact) mass is 319 g/mol. The van der Waals surface area contributed by atoms with Gasteiger partial charge in [0.25, 0.3) is 0 Å². The second kappa shape index (κ2) is 5.08. The van der Waals surface area contributed by atoms with Crippen molar-refractivity contribution in [3.05, 3.63) is 16.5 Å². The maximum absolute atomic E-state index is 14.6. The van der Waals surface area contributed by atoms with Gasteiger partial charge in [0, 0.05) is 24.9 Å². The fraction of sp³-hybridized carbons (Fsp3) is 0.647. The smallest absolute Gasteiger partial charge is 0.409 e. The third kappa shape index (κ3) is 2.18. The van der Waals surface area contributed by atoms with Gasteiger partial charge >= 0.3 is 6.09 Å². The number of nitrogens with one attached hydrogen (secondary N) is 1. The number of nitrogens with zero attached hydrogens (tertiary/aromatic N) is 2. The second-order valence-corrected chi connectivity index (χ2v) is 7.15. The van der Waals surface area contributed by atoms with E-state index in [9.17, 15) is 9.18 Å². The Balaban J connectivity index is 1.72. The molecule has 1 saturated heterocycles. The van der Waals surface area contributed by atoms with Crippen LogP contribution in [0, 0.1) is 17.8 Å². The number of H-pyrrole nitrogens is 1. The molecule has 1 saturated carbocycles. The maximum Gasteiger partial charge on any atom is 0.409 e. The summed E-state index contributed by atoms with van der Waals surface area (Å²) in [5, 5.41) is 1.40. The quantitative estimate of drug-likeness (QED) is 0.899. The molecule has 1 amide bonds. The lowest BCUT2D eigenvalue weighted by Crippen LogP contribution is -2.34. The topological polar surface area (TPSA) is 58.2 Å². The number of aromatic amines is 1. The van der Waals surface area contributed by atoms with Crippen LogP contribution in [0.3, 0.4) is 0 Å². The molecule has 3 atom stereocenters. The number of imidazole rings is 1. The van der Waals surface area contributed by atoms with Crippen molar-refractivity contribution in [3.63, 3.8) is 0 Å². The molecule has 3 aliphatic rings. The van der Waals surface area contributed by atoms with E-state index in [4.69, 9.17) is 9.72 Å². The lowest BCUT2D eigenvalue weighted by molar-refractivity contribution is 0.132. The Kier molecular flexibility index (Phi) is 3.25. The van der Waals surface area contributed by atoms with Crippen LogP contribution in [-0.2, 0) is 4.74 Å². The summed E-state index contributed by atoms with van der Waals surface area (Å²) in [4.78, 5) is 21.3. The van der Waals surface area contributed by atoms with Crippen molar-refractivity contribution < 1.29 is 13.9 Å². The van der Waals surface area contributed by atoms with Crippen molar-refractivity contribution >= 4 is 17.5 Å². The van der Waals surface area contributed by atoms with Crippen molar-refractivity contribution in [2.75, 3.05) is 20.2 Å². The molecule has 0 radical (unpaired) electrons. The summed E-state index contributed by atoms with van der Waals surface area (Å²) in [5.41, 5.74) is 1.29. The van der Waals surface area contributed by atoms with E-state index in [1.54, 1.807) is 4.90 Å². The first-order chi connectivity index (χ1) is 11.0. The fourth-order valence-corrected chi connectivity index (χ4v) is 4.13. The number of hydrogen-bond acceptors (Lipinski definition) is 3. The minimum Gasteiger partial charge on any atom is -0.453 e. The number of amides is 1. The molecule has 0 bridgehead atoms. The molecule has 5 nitrogen and oxygen atoms in total. The number of halogens is 1. The van der Waals surface area contributed by atoms with E-state index in [1.165, 1.54) is 12.7 Å². The molecule has 2 fully saturated rings.